The van der Waals surface area contributed by atoms with Gasteiger partial charge in [0, 0.05) is 29.8 Å². The van der Waals surface area contributed by atoms with Crippen LogP contribution in [0, 0.1) is 5.82 Å². The summed E-state index contributed by atoms with van der Waals surface area (Å²) in [6, 6.07) is 3.64. The van der Waals surface area contributed by atoms with Gasteiger partial charge in [-0.25, -0.2) is 14.2 Å². The Morgan fingerprint density at radius 1 is 1.39 bits per heavy atom. The number of ether oxygens (including phenoxy) is 3. The number of carbonyl (C=O) groups is 1. The second kappa shape index (κ2) is 10.7. The molecule has 176 valence electrons. The lowest BCUT2D eigenvalue weighted by atomic mass is 9.95. The highest BCUT2D eigenvalue weighted by atomic mass is 79.9. The fourth-order valence-electron chi connectivity index (χ4n) is 3.67. The lowest BCUT2D eigenvalue weighted by molar-refractivity contribution is -0.139. The van der Waals surface area contributed by atoms with Crippen molar-refractivity contribution in [2.45, 2.75) is 13.0 Å². The number of rotatable bonds is 7. The van der Waals surface area contributed by atoms with Crippen molar-refractivity contribution in [3.05, 3.63) is 56.5 Å². The zero-order valence-electron chi connectivity index (χ0n) is 18.3. The smallest absolute Gasteiger partial charge is 0.338 e. The quantitative estimate of drug-likeness (QED) is 0.541. The fourth-order valence-corrected chi connectivity index (χ4v) is 4.93. The first-order chi connectivity index (χ1) is 16.0. The van der Waals surface area contributed by atoms with Gasteiger partial charge < -0.3 is 19.5 Å². The summed E-state index contributed by atoms with van der Waals surface area (Å²) in [6.45, 7) is 5.20. The average Bonchev–Trinajstić information content (AvgIpc) is 3.29. The van der Waals surface area contributed by atoms with Gasteiger partial charge in [0.15, 0.2) is 15.9 Å². The number of benzene rings is 1. The number of hydrogen-bond donors (Lipinski definition) is 1. The van der Waals surface area contributed by atoms with Gasteiger partial charge in [0.2, 0.25) is 0 Å². The maximum atomic E-state index is 13.8. The van der Waals surface area contributed by atoms with Crippen molar-refractivity contribution >= 4 is 39.1 Å². The maximum Gasteiger partial charge on any atom is 0.338 e. The van der Waals surface area contributed by atoms with Gasteiger partial charge in [0.1, 0.15) is 11.9 Å². The summed E-state index contributed by atoms with van der Waals surface area (Å²) in [6.07, 6.45) is 1.62. The van der Waals surface area contributed by atoms with E-state index in [4.69, 9.17) is 19.2 Å². The van der Waals surface area contributed by atoms with Gasteiger partial charge in [-0.2, -0.15) is 0 Å². The first-order valence-corrected chi connectivity index (χ1v) is 12.1. The zero-order chi connectivity index (χ0) is 23.4. The van der Waals surface area contributed by atoms with Gasteiger partial charge in [0.25, 0.3) is 0 Å². The van der Waals surface area contributed by atoms with E-state index in [-0.39, 0.29) is 12.4 Å². The number of halogens is 2. The van der Waals surface area contributed by atoms with Gasteiger partial charge in [0.05, 0.1) is 38.7 Å². The summed E-state index contributed by atoms with van der Waals surface area (Å²) >= 11 is 4.78. The van der Waals surface area contributed by atoms with E-state index in [2.05, 4.69) is 31.1 Å². The number of carbonyl (C=O) groups excluding carboxylic acids is 1. The van der Waals surface area contributed by atoms with E-state index in [1.165, 1.54) is 23.5 Å². The van der Waals surface area contributed by atoms with Crippen molar-refractivity contribution < 1.29 is 23.4 Å². The van der Waals surface area contributed by atoms with E-state index in [9.17, 15) is 9.18 Å². The highest BCUT2D eigenvalue weighted by Gasteiger charge is 2.35. The number of amidine groups is 1. The molecule has 4 rings (SSSR count). The monoisotopic (exact) mass is 538 g/mol. The summed E-state index contributed by atoms with van der Waals surface area (Å²) in [5.41, 5.74) is 1.72. The number of aromatic nitrogens is 1. The number of morpholine rings is 1. The van der Waals surface area contributed by atoms with Gasteiger partial charge in [-0.3, -0.25) is 9.89 Å². The fraction of sp³-hybridized carbons (Fsp3) is 0.409. The van der Waals surface area contributed by atoms with Crippen LogP contribution in [0.5, 0.6) is 5.06 Å². The van der Waals surface area contributed by atoms with Crippen molar-refractivity contribution in [2.24, 2.45) is 4.99 Å². The summed E-state index contributed by atoms with van der Waals surface area (Å²) in [5.74, 6) is -0.335. The van der Waals surface area contributed by atoms with Crippen LogP contribution in [0.2, 0.25) is 0 Å². The molecular formula is C22H24BrFN4O4S. The SMILES string of the molecule is CCOC(=O)C1=C(CN2CCOCC2)NC(c2ncc(OC)s2)=NC1c1ccc(F)cc1Br. The number of methoxy groups -OCH3 is 1. The van der Waals surface area contributed by atoms with Gasteiger partial charge >= 0.3 is 5.97 Å². The van der Waals surface area contributed by atoms with E-state index in [1.54, 1.807) is 26.3 Å². The Morgan fingerprint density at radius 3 is 2.85 bits per heavy atom. The number of nitrogens with one attached hydrogen (secondary N) is 1. The van der Waals surface area contributed by atoms with Crippen molar-refractivity contribution in [3.63, 3.8) is 0 Å². The molecule has 0 bridgehead atoms. The van der Waals surface area contributed by atoms with E-state index < -0.39 is 12.0 Å². The predicted octanol–water partition coefficient (Wildman–Crippen LogP) is 3.29. The average molecular weight is 539 g/mol. The van der Waals surface area contributed by atoms with Crippen LogP contribution in [0.1, 0.15) is 23.5 Å². The number of nitrogens with zero attached hydrogens (tertiary/aromatic N) is 3. The highest BCUT2D eigenvalue weighted by molar-refractivity contribution is 9.10. The van der Waals surface area contributed by atoms with Crippen LogP contribution in [0.4, 0.5) is 4.39 Å². The summed E-state index contributed by atoms with van der Waals surface area (Å²) in [4.78, 5) is 24.6. The number of aliphatic imine (C=N–C) groups is 1. The lowest BCUT2D eigenvalue weighted by Gasteiger charge is -2.32. The molecule has 0 amide bonds. The molecule has 1 atom stereocenters. The Labute approximate surface area is 203 Å². The summed E-state index contributed by atoms with van der Waals surface area (Å²) in [7, 11) is 1.58. The molecule has 33 heavy (non-hydrogen) atoms. The molecule has 0 radical (unpaired) electrons. The second-order valence-electron chi connectivity index (χ2n) is 7.36. The van der Waals surface area contributed by atoms with Crippen LogP contribution in [0.15, 0.2) is 45.1 Å². The summed E-state index contributed by atoms with van der Waals surface area (Å²) in [5, 5.41) is 4.59. The Balaban J connectivity index is 1.82. The van der Waals surface area contributed by atoms with Crippen LogP contribution >= 0.6 is 27.3 Å². The molecule has 2 aromatic rings. The molecular weight excluding hydrogens is 515 g/mol. The molecule has 0 aliphatic carbocycles. The second-order valence-corrected chi connectivity index (χ2v) is 9.21. The molecule has 1 saturated heterocycles. The minimum Gasteiger partial charge on any atom is -0.486 e. The first kappa shape index (κ1) is 23.8. The number of esters is 1. The van der Waals surface area contributed by atoms with E-state index in [0.717, 1.165) is 13.1 Å². The Bertz CT molecular complexity index is 1080. The van der Waals surface area contributed by atoms with Crippen LogP contribution in [-0.4, -0.2) is 68.3 Å². The third-order valence-corrected chi connectivity index (χ3v) is 6.90. The minimum absolute atomic E-state index is 0.227. The largest absolute Gasteiger partial charge is 0.486 e. The lowest BCUT2D eigenvalue weighted by Crippen LogP contribution is -2.43. The van der Waals surface area contributed by atoms with E-state index in [0.29, 0.717) is 57.0 Å². The molecule has 8 nitrogen and oxygen atoms in total. The summed E-state index contributed by atoms with van der Waals surface area (Å²) < 4.78 is 30.5. The molecule has 3 heterocycles. The van der Waals surface area contributed by atoms with Crippen LogP contribution in [0.25, 0.3) is 0 Å². The molecule has 1 aromatic heterocycles. The Hall–Kier alpha value is -2.34. The van der Waals surface area contributed by atoms with Gasteiger partial charge in [-0.1, -0.05) is 33.3 Å². The third-order valence-electron chi connectivity index (χ3n) is 5.25. The van der Waals surface area contributed by atoms with E-state index >= 15 is 0 Å². The van der Waals surface area contributed by atoms with Crippen LogP contribution in [0.3, 0.4) is 0 Å². The number of thiazole rings is 1. The number of hydrogen-bond acceptors (Lipinski definition) is 9. The molecule has 1 aromatic carbocycles. The molecule has 1 unspecified atom stereocenters. The molecule has 2 aliphatic rings. The van der Waals surface area contributed by atoms with Gasteiger partial charge in [-0.05, 0) is 24.6 Å². The van der Waals surface area contributed by atoms with Crippen molar-refractivity contribution in [2.75, 3.05) is 46.6 Å². The highest BCUT2D eigenvalue weighted by Crippen LogP contribution is 2.37. The minimum atomic E-state index is -0.707. The Kier molecular flexibility index (Phi) is 7.74. The Morgan fingerprint density at radius 2 is 2.18 bits per heavy atom. The van der Waals surface area contributed by atoms with Crippen molar-refractivity contribution in [1.29, 1.82) is 0 Å². The third kappa shape index (κ3) is 5.43. The molecule has 1 N–H and O–H groups in total. The molecule has 11 heteroatoms. The standard InChI is InChI=1S/C22H24BrFN4O4S/c1-3-32-22(29)18-16(12-28-6-8-31-9-7-28)26-20(21-25-11-17(30-2)33-21)27-19(18)14-5-4-13(24)10-15(14)23/h4-5,10-11,19H,3,6-9,12H2,1-2H3,(H,26,27). The van der Waals surface area contributed by atoms with Crippen LogP contribution in [-0.2, 0) is 14.3 Å². The predicted molar refractivity (Wildman–Crippen MR) is 126 cm³/mol. The molecule has 0 spiro atoms. The molecule has 1 fully saturated rings. The first-order valence-electron chi connectivity index (χ1n) is 10.5. The van der Waals surface area contributed by atoms with Gasteiger partial charge in [-0.15, -0.1) is 0 Å². The molecule has 2 aliphatic heterocycles. The van der Waals surface area contributed by atoms with Crippen molar-refractivity contribution in [3.8, 4) is 5.06 Å². The van der Waals surface area contributed by atoms with Crippen molar-refractivity contribution in [1.82, 2.24) is 15.2 Å². The normalized spacial score (nSPS) is 19.2. The molecule has 0 saturated carbocycles. The maximum absolute atomic E-state index is 13.8. The van der Waals surface area contributed by atoms with E-state index in [1.807, 2.05) is 0 Å². The zero-order valence-corrected chi connectivity index (χ0v) is 20.7. The topological polar surface area (TPSA) is 85.3 Å². The van der Waals surface area contributed by atoms with Crippen LogP contribution < -0.4 is 10.1 Å².